The van der Waals surface area contributed by atoms with E-state index in [1.807, 2.05) is 26.0 Å². The molecule has 1 aliphatic heterocycles. The minimum atomic E-state index is -0.644. The molecule has 2 rings (SSSR count). The summed E-state index contributed by atoms with van der Waals surface area (Å²) in [7, 11) is 0. The van der Waals surface area contributed by atoms with Crippen molar-refractivity contribution in [2.75, 3.05) is 6.61 Å². The van der Waals surface area contributed by atoms with Crippen molar-refractivity contribution >= 4 is 5.97 Å². The molecule has 0 amide bonds. The molecule has 1 aromatic heterocycles. The van der Waals surface area contributed by atoms with Crippen LogP contribution in [-0.4, -0.2) is 23.6 Å². The first-order valence-electron chi connectivity index (χ1n) is 6.76. The molecule has 0 aromatic carbocycles. The third-order valence-electron chi connectivity index (χ3n) is 3.73. The summed E-state index contributed by atoms with van der Waals surface area (Å²) >= 11 is 0. The highest BCUT2D eigenvalue weighted by atomic mass is 16.5. The van der Waals surface area contributed by atoms with Gasteiger partial charge < -0.3 is 4.74 Å². The van der Waals surface area contributed by atoms with Crippen LogP contribution in [0.2, 0.25) is 0 Å². The van der Waals surface area contributed by atoms with E-state index in [0.717, 1.165) is 11.3 Å². The molecule has 0 aliphatic carbocycles. The van der Waals surface area contributed by atoms with E-state index in [9.17, 15) is 10.1 Å². The predicted molar refractivity (Wildman–Crippen MR) is 73.6 cm³/mol. The van der Waals surface area contributed by atoms with E-state index in [1.54, 1.807) is 13.1 Å². The maximum absolute atomic E-state index is 11.9. The van der Waals surface area contributed by atoms with Gasteiger partial charge in [-0.25, -0.2) is 0 Å². The molecule has 1 aliphatic rings. The first kappa shape index (κ1) is 14.5. The first-order valence-corrected chi connectivity index (χ1v) is 6.76. The fourth-order valence-electron chi connectivity index (χ4n) is 2.60. The summed E-state index contributed by atoms with van der Waals surface area (Å²) in [6.45, 7) is 5.90. The molecule has 1 N–H and O–H groups in total. The molecule has 0 saturated carbocycles. The smallest absolute Gasteiger partial charge is 0.323 e. The third-order valence-corrected chi connectivity index (χ3v) is 3.73. The van der Waals surface area contributed by atoms with Crippen LogP contribution >= 0.6 is 0 Å². The summed E-state index contributed by atoms with van der Waals surface area (Å²) in [6.07, 6.45) is 2.21. The Labute approximate surface area is 119 Å². The van der Waals surface area contributed by atoms with Crippen molar-refractivity contribution in [3.05, 3.63) is 29.6 Å². The lowest BCUT2D eigenvalue weighted by Gasteiger charge is -2.23. The van der Waals surface area contributed by atoms with Gasteiger partial charge in [0.25, 0.3) is 0 Å². The molecule has 1 aromatic rings. The van der Waals surface area contributed by atoms with Gasteiger partial charge in [0.2, 0.25) is 0 Å². The molecule has 5 nitrogen and oxygen atoms in total. The number of aromatic nitrogens is 1. The standard InChI is InChI=1S/C15H19N3O2/c1-4-20-14(19)12-7-15(3,9-16)13(18-12)11-6-5-10(2)17-8-11/h5-6,8,12-13,18H,4,7H2,1-3H3/t12-,13?,15+/m0/s1. The second kappa shape index (κ2) is 5.59. The molecule has 106 valence electrons. The maximum Gasteiger partial charge on any atom is 0.323 e. The van der Waals surface area contributed by atoms with E-state index in [0.29, 0.717) is 13.0 Å². The van der Waals surface area contributed by atoms with Gasteiger partial charge in [0.05, 0.1) is 24.1 Å². The number of rotatable bonds is 3. The van der Waals surface area contributed by atoms with E-state index in [-0.39, 0.29) is 12.0 Å². The molecule has 0 spiro atoms. The van der Waals surface area contributed by atoms with Gasteiger partial charge in [0.15, 0.2) is 0 Å². The number of nitriles is 1. The van der Waals surface area contributed by atoms with E-state index >= 15 is 0 Å². The zero-order valence-corrected chi connectivity index (χ0v) is 12.0. The topological polar surface area (TPSA) is 75.0 Å². The van der Waals surface area contributed by atoms with E-state index in [4.69, 9.17) is 4.74 Å². The highest BCUT2D eigenvalue weighted by molar-refractivity contribution is 5.76. The van der Waals surface area contributed by atoms with Crippen LogP contribution in [0.1, 0.15) is 37.6 Å². The third kappa shape index (κ3) is 2.66. The van der Waals surface area contributed by atoms with Gasteiger partial charge in [-0.1, -0.05) is 6.07 Å². The van der Waals surface area contributed by atoms with Crippen LogP contribution in [0.25, 0.3) is 0 Å². The number of pyridine rings is 1. The summed E-state index contributed by atoms with van der Waals surface area (Å²) in [5.74, 6) is -0.295. The lowest BCUT2D eigenvalue weighted by atomic mass is 9.80. The van der Waals surface area contributed by atoms with Crippen molar-refractivity contribution in [1.82, 2.24) is 10.3 Å². The Kier molecular flexibility index (Phi) is 4.05. The average Bonchev–Trinajstić information content (AvgIpc) is 2.79. The van der Waals surface area contributed by atoms with Gasteiger partial charge >= 0.3 is 5.97 Å². The summed E-state index contributed by atoms with van der Waals surface area (Å²) < 4.78 is 5.04. The lowest BCUT2D eigenvalue weighted by molar-refractivity contribution is -0.145. The van der Waals surface area contributed by atoms with Crippen LogP contribution in [0.4, 0.5) is 0 Å². The molecular weight excluding hydrogens is 254 g/mol. The molecule has 2 heterocycles. The number of carbonyl (C=O) groups is 1. The average molecular weight is 273 g/mol. The van der Waals surface area contributed by atoms with Crippen LogP contribution in [-0.2, 0) is 9.53 Å². The number of esters is 1. The molecule has 20 heavy (non-hydrogen) atoms. The zero-order valence-electron chi connectivity index (χ0n) is 12.0. The molecule has 0 radical (unpaired) electrons. The van der Waals surface area contributed by atoms with Crippen molar-refractivity contribution in [3.8, 4) is 6.07 Å². The van der Waals surface area contributed by atoms with Gasteiger partial charge in [0, 0.05) is 11.9 Å². The largest absolute Gasteiger partial charge is 0.465 e. The Bertz CT molecular complexity index is 535. The summed E-state index contributed by atoms with van der Waals surface area (Å²) in [5, 5.41) is 12.7. The van der Waals surface area contributed by atoms with Crippen LogP contribution < -0.4 is 5.32 Å². The molecule has 1 unspecified atom stereocenters. The van der Waals surface area contributed by atoms with E-state index < -0.39 is 11.5 Å². The number of ether oxygens (including phenoxy) is 1. The summed E-state index contributed by atoms with van der Waals surface area (Å²) in [6, 6.07) is 5.54. The molecular formula is C15H19N3O2. The second-order valence-corrected chi connectivity index (χ2v) is 5.37. The second-order valence-electron chi connectivity index (χ2n) is 5.37. The Hall–Kier alpha value is -1.93. The fraction of sp³-hybridized carbons (Fsp3) is 0.533. The highest BCUT2D eigenvalue weighted by Gasteiger charge is 2.47. The quantitative estimate of drug-likeness (QED) is 0.851. The van der Waals surface area contributed by atoms with Crippen molar-refractivity contribution in [1.29, 1.82) is 5.26 Å². The Morgan fingerprint density at radius 1 is 1.65 bits per heavy atom. The number of hydrogen-bond donors (Lipinski definition) is 1. The highest BCUT2D eigenvalue weighted by Crippen LogP contribution is 2.43. The molecule has 3 atom stereocenters. The SMILES string of the molecule is CCOC(=O)[C@@H]1C[C@](C)(C#N)C(c2ccc(C)nc2)N1. The minimum Gasteiger partial charge on any atom is -0.465 e. The van der Waals surface area contributed by atoms with Gasteiger partial charge in [0.1, 0.15) is 6.04 Å². The van der Waals surface area contributed by atoms with Crippen LogP contribution in [0.5, 0.6) is 0 Å². The summed E-state index contributed by atoms with van der Waals surface area (Å²) in [4.78, 5) is 16.1. The number of nitrogens with one attached hydrogen (secondary N) is 1. The first-order chi connectivity index (χ1) is 9.50. The fourth-order valence-corrected chi connectivity index (χ4v) is 2.60. The predicted octanol–water partition coefficient (Wildman–Crippen LogP) is 1.89. The van der Waals surface area contributed by atoms with E-state index in [2.05, 4.69) is 16.4 Å². The number of nitrogens with zero attached hydrogens (tertiary/aromatic N) is 2. The minimum absolute atomic E-state index is 0.213. The Morgan fingerprint density at radius 3 is 2.95 bits per heavy atom. The van der Waals surface area contributed by atoms with Crippen molar-refractivity contribution < 1.29 is 9.53 Å². The van der Waals surface area contributed by atoms with E-state index in [1.165, 1.54) is 0 Å². The van der Waals surface area contributed by atoms with Crippen molar-refractivity contribution in [2.24, 2.45) is 5.41 Å². The van der Waals surface area contributed by atoms with Crippen molar-refractivity contribution in [2.45, 2.75) is 39.3 Å². The monoisotopic (exact) mass is 273 g/mol. The van der Waals surface area contributed by atoms with Gasteiger partial charge in [-0.15, -0.1) is 0 Å². The maximum atomic E-state index is 11.9. The van der Waals surface area contributed by atoms with Crippen LogP contribution in [0, 0.1) is 23.7 Å². The Balaban J connectivity index is 2.25. The Morgan fingerprint density at radius 2 is 2.40 bits per heavy atom. The van der Waals surface area contributed by atoms with Gasteiger partial charge in [-0.05, 0) is 38.8 Å². The van der Waals surface area contributed by atoms with Gasteiger partial charge in [-0.2, -0.15) is 5.26 Å². The number of carbonyl (C=O) groups excluding carboxylic acids is 1. The normalized spacial score (nSPS) is 28.9. The number of hydrogen-bond acceptors (Lipinski definition) is 5. The molecule has 5 heteroatoms. The lowest BCUT2D eigenvalue weighted by Crippen LogP contribution is -2.34. The molecule has 1 fully saturated rings. The summed E-state index contributed by atoms with van der Waals surface area (Å²) in [5.41, 5.74) is 1.20. The molecule has 1 saturated heterocycles. The molecule has 0 bridgehead atoms. The van der Waals surface area contributed by atoms with Crippen LogP contribution in [0.15, 0.2) is 18.3 Å². The van der Waals surface area contributed by atoms with Gasteiger partial charge in [-0.3, -0.25) is 15.1 Å². The van der Waals surface area contributed by atoms with Crippen molar-refractivity contribution in [3.63, 3.8) is 0 Å². The zero-order chi connectivity index (χ0) is 14.8. The number of aryl methyl sites for hydroxylation is 1. The van der Waals surface area contributed by atoms with Crippen LogP contribution in [0.3, 0.4) is 0 Å².